The predicted molar refractivity (Wildman–Crippen MR) is 68.5 cm³/mol. The molecule has 1 unspecified atom stereocenters. The lowest BCUT2D eigenvalue weighted by atomic mass is 9.87. The van der Waals surface area contributed by atoms with E-state index in [9.17, 15) is 0 Å². The molecule has 0 aliphatic rings. The third kappa shape index (κ3) is 2.34. The van der Waals surface area contributed by atoms with Crippen molar-refractivity contribution >= 4 is 0 Å². The average molecular weight is 227 g/mol. The Morgan fingerprint density at radius 3 is 2.18 bits per heavy atom. The van der Waals surface area contributed by atoms with Crippen molar-refractivity contribution in [3.05, 3.63) is 59.7 Å². The molecule has 2 aromatic rings. The maximum Gasteiger partial charge on any atom is 0.115 e. The largest absolute Gasteiger partial charge is 0.318 e. The number of rotatable bonds is 3. The minimum Gasteiger partial charge on any atom is -0.318 e. The Bertz CT molecular complexity index is 475. The van der Waals surface area contributed by atoms with Gasteiger partial charge in [0.25, 0.3) is 0 Å². The van der Waals surface area contributed by atoms with Crippen molar-refractivity contribution in [1.29, 1.82) is 0 Å². The summed E-state index contributed by atoms with van der Waals surface area (Å²) in [5, 5.41) is 0. The van der Waals surface area contributed by atoms with Crippen molar-refractivity contribution < 1.29 is 0 Å². The van der Waals surface area contributed by atoms with Crippen LogP contribution < -0.4 is 5.73 Å². The van der Waals surface area contributed by atoms with E-state index in [2.05, 4.69) is 41.2 Å². The molecule has 2 N–H and O–H groups in total. The highest BCUT2D eigenvalue weighted by Gasteiger charge is 2.23. The molecule has 0 aliphatic carbocycles. The molecule has 2 rings (SSSR count). The van der Waals surface area contributed by atoms with E-state index in [1.54, 1.807) is 12.4 Å². The molecule has 1 aromatic heterocycles. The van der Waals surface area contributed by atoms with Crippen LogP contribution in [-0.4, -0.2) is 9.97 Å². The minimum absolute atomic E-state index is 0.548. The van der Waals surface area contributed by atoms with Crippen LogP contribution in [-0.2, 0) is 12.0 Å². The number of benzene rings is 1. The summed E-state index contributed by atoms with van der Waals surface area (Å²) in [4.78, 5) is 8.04. The highest BCUT2D eigenvalue weighted by atomic mass is 14.8. The molecule has 1 heterocycles. The first-order valence-electron chi connectivity index (χ1n) is 5.78. The first-order chi connectivity index (χ1) is 8.14. The Hall–Kier alpha value is -1.74. The van der Waals surface area contributed by atoms with Gasteiger partial charge < -0.3 is 5.73 Å². The molecule has 1 aromatic carbocycles. The lowest BCUT2D eigenvalue weighted by molar-refractivity contribution is 0.596. The zero-order chi connectivity index (χ0) is 12.3. The van der Waals surface area contributed by atoms with Crippen LogP contribution in [0.5, 0.6) is 0 Å². The fourth-order valence-corrected chi connectivity index (χ4v) is 1.82. The maximum atomic E-state index is 6.37. The summed E-state index contributed by atoms with van der Waals surface area (Å²) >= 11 is 0. The summed E-state index contributed by atoms with van der Waals surface area (Å²) in [5.74, 6) is 0. The molecule has 0 fully saturated rings. The van der Waals surface area contributed by atoms with Gasteiger partial charge in [0, 0.05) is 18.0 Å². The van der Waals surface area contributed by atoms with Crippen LogP contribution in [0.15, 0.2) is 43.0 Å². The molecule has 1 atom stereocenters. The average Bonchev–Trinajstić information content (AvgIpc) is 2.40. The van der Waals surface area contributed by atoms with Gasteiger partial charge in [-0.1, -0.05) is 31.2 Å². The molecule has 0 radical (unpaired) electrons. The molecule has 0 saturated heterocycles. The fourth-order valence-electron chi connectivity index (χ4n) is 1.82. The summed E-state index contributed by atoms with van der Waals surface area (Å²) in [5.41, 5.74) is 9.13. The van der Waals surface area contributed by atoms with Gasteiger partial charge in [0.15, 0.2) is 0 Å². The van der Waals surface area contributed by atoms with Crippen LogP contribution in [0.4, 0.5) is 0 Å². The maximum absolute atomic E-state index is 6.37. The predicted octanol–water partition coefficient (Wildman–Crippen LogP) is 2.26. The van der Waals surface area contributed by atoms with Gasteiger partial charge in [-0.25, -0.2) is 9.97 Å². The van der Waals surface area contributed by atoms with Crippen LogP contribution in [0.25, 0.3) is 0 Å². The van der Waals surface area contributed by atoms with Gasteiger partial charge in [-0.3, -0.25) is 0 Å². The highest BCUT2D eigenvalue weighted by Crippen LogP contribution is 2.25. The Labute approximate surface area is 102 Å². The number of aromatic nitrogens is 2. The van der Waals surface area contributed by atoms with Gasteiger partial charge in [-0.05, 0) is 24.5 Å². The summed E-state index contributed by atoms with van der Waals surface area (Å²) < 4.78 is 0. The van der Waals surface area contributed by atoms with E-state index in [4.69, 9.17) is 5.73 Å². The van der Waals surface area contributed by atoms with E-state index >= 15 is 0 Å². The van der Waals surface area contributed by atoms with Crippen molar-refractivity contribution in [3.8, 4) is 0 Å². The highest BCUT2D eigenvalue weighted by molar-refractivity contribution is 5.35. The van der Waals surface area contributed by atoms with Crippen molar-refractivity contribution in [2.24, 2.45) is 5.73 Å². The Morgan fingerprint density at radius 2 is 1.65 bits per heavy atom. The minimum atomic E-state index is -0.548. The SMILES string of the molecule is CCc1ccc(C(C)(N)c2cncnc2)cc1. The second-order valence-electron chi connectivity index (χ2n) is 4.38. The lowest BCUT2D eigenvalue weighted by Crippen LogP contribution is -2.34. The summed E-state index contributed by atoms with van der Waals surface area (Å²) in [7, 11) is 0. The number of hydrogen-bond donors (Lipinski definition) is 1. The number of aryl methyl sites for hydroxylation is 1. The van der Waals surface area contributed by atoms with Crippen molar-refractivity contribution in [2.45, 2.75) is 25.8 Å². The van der Waals surface area contributed by atoms with Crippen LogP contribution in [0.1, 0.15) is 30.5 Å². The van der Waals surface area contributed by atoms with Gasteiger partial charge in [-0.15, -0.1) is 0 Å². The first-order valence-corrected chi connectivity index (χ1v) is 5.78. The topological polar surface area (TPSA) is 51.8 Å². The zero-order valence-electron chi connectivity index (χ0n) is 10.2. The molecule has 0 spiro atoms. The normalized spacial score (nSPS) is 14.3. The fraction of sp³-hybridized carbons (Fsp3) is 0.286. The molecule has 3 nitrogen and oxygen atoms in total. The van der Waals surface area contributed by atoms with Gasteiger partial charge in [0.1, 0.15) is 6.33 Å². The van der Waals surface area contributed by atoms with E-state index in [0.717, 1.165) is 17.5 Å². The zero-order valence-corrected chi connectivity index (χ0v) is 10.2. The second kappa shape index (κ2) is 4.63. The molecule has 17 heavy (non-hydrogen) atoms. The van der Waals surface area contributed by atoms with Crippen molar-refractivity contribution in [2.75, 3.05) is 0 Å². The van der Waals surface area contributed by atoms with Crippen LogP contribution in [0.2, 0.25) is 0 Å². The van der Waals surface area contributed by atoms with Gasteiger partial charge in [0.2, 0.25) is 0 Å². The Morgan fingerprint density at radius 1 is 1.06 bits per heavy atom. The first kappa shape index (κ1) is 11.7. The van der Waals surface area contributed by atoms with E-state index in [1.807, 2.05) is 6.92 Å². The lowest BCUT2D eigenvalue weighted by Gasteiger charge is -2.25. The molecule has 0 amide bonds. The number of nitrogens with zero attached hydrogens (tertiary/aromatic N) is 2. The van der Waals surface area contributed by atoms with E-state index in [-0.39, 0.29) is 0 Å². The monoisotopic (exact) mass is 227 g/mol. The number of nitrogens with two attached hydrogens (primary N) is 1. The molecule has 0 bridgehead atoms. The molecular weight excluding hydrogens is 210 g/mol. The summed E-state index contributed by atoms with van der Waals surface area (Å²) in [6.45, 7) is 4.12. The Balaban J connectivity index is 2.37. The van der Waals surface area contributed by atoms with E-state index < -0.39 is 5.54 Å². The van der Waals surface area contributed by atoms with Crippen LogP contribution in [0.3, 0.4) is 0 Å². The molecular formula is C14H17N3. The molecule has 0 saturated carbocycles. The van der Waals surface area contributed by atoms with Gasteiger partial charge >= 0.3 is 0 Å². The summed E-state index contributed by atoms with van der Waals surface area (Å²) in [6, 6.07) is 8.38. The van der Waals surface area contributed by atoms with Crippen molar-refractivity contribution in [1.82, 2.24) is 9.97 Å². The van der Waals surface area contributed by atoms with E-state index in [1.165, 1.54) is 11.9 Å². The van der Waals surface area contributed by atoms with Gasteiger partial charge in [-0.2, -0.15) is 0 Å². The number of hydrogen-bond acceptors (Lipinski definition) is 3. The second-order valence-corrected chi connectivity index (χ2v) is 4.38. The smallest absolute Gasteiger partial charge is 0.115 e. The summed E-state index contributed by atoms with van der Waals surface area (Å²) in [6.07, 6.45) is 6.08. The van der Waals surface area contributed by atoms with Crippen molar-refractivity contribution in [3.63, 3.8) is 0 Å². The van der Waals surface area contributed by atoms with Crippen LogP contribution in [0, 0.1) is 0 Å². The molecule has 0 aliphatic heterocycles. The molecule has 88 valence electrons. The Kier molecular flexibility index (Phi) is 3.20. The quantitative estimate of drug-likeness (QED) is 0.875. The van der Waals surface area contributed by atoms with E-state index in [0.29, 0.717) is 0 Å². The van der Waals surface area contributed by atoms with Crippen LogP contribution >= 0.6 is 0 Å². The third-order valence-corrected chi connectivity index (χ3v) is 3.12. The standard InChI is InChI=1S/C14H17N3/c1-3-11-4-6-12(7-5-11)14(2,15)13-8-16-10-17-9-13/h4-10H,3,15H2,1-2H3. The molecule has 3 heteroatoms. The van der Waals surface area contributed by atoms with Gasteiger partial charge in [0.05, 0.1) is 5.54 Å². The third-order valence-electron chi connectivity index (χ3n) is 3.12.